The maximum atomic E-state index is 13.8. The van der Waals surface area contributed by atoms with Crippen molar-refractivity contribution in [1.82, 2.24) is 10.2 Å². The number of carbonyl (C=O) groups is 2. The Morgan fingerprint density at radius 1 is 0.902 bits per heavy atom. The van der Waals surface area contributed by atoms with E-state index in [0.29, 0.717) is 31.0 Å². The highest BCUT2D eigenvalue weighted by molar-refractivity contribution is 7.92. The van der Waals surface area contributed by atoms with Gasteiger partial charge in [0, 0.05) is 13.1 Å². The highest BCUT2D eigenvalue weighted by Gasteiger charge is 2.31. The second-order valence-electron chi connectivity index (χ2n) is 10.1. The standard InChI is InChI=1S/C32H41N3O5S/c1-5-7-21-33-32(37)30(6-2)34(22-26-15-13-25(3)14-16-26)31(36)23-35(41(4,38)39)28-17-19-29(20-18-28)40-24-27-11-9-8-10-12-27/h8-20,30H,5-7,21-24H2,1-4H3,(H,33,37)/t30-/m1/s1. The first-order valence-electron chi connectivity index (χ1n) is 14.0. The number of unbranched alkanes of at least 4 members (excludes halogenated alkanes) is 1. The van der Waals surface area contributed by atoms with Gasteiger partial charge in [-0.05, 0) is 55.2 Å². The lowest BCUT2D eigenvalue weighted by molar-refractivity contribution is -0.140. The van der Waals surface area contributed by atoms with Gasteiger partial charge in [0.05, 0.1) is 11.9 Å². The van der Waals surface area contributed by atoms with E-state index >= 15 is 0 Å². The molecule has 41 heavy (non-hydrogen) atoms. The fourth-order valence-corrected chi connectivity index (χ4v) is 5.23. The number of benzene rings is 3. The topological polar surface area (TPSA) is 96.0 Å². The number of rotatable bonds is 15. The van der Waals surface area contributed by atoms with Gasteiger partial charge in [-0.2, -0.15) is 0 Å². The van der Waals surface area contributed by atoms with Crippen molar-refractivity contribution >= 4 is 27.5 Å². The van der Waals surface area contributed by atoms with E-state index < -0.39 is 28.5 Å². The molecule has 0 spiro atoms. The molecule has 3 aromatic rings. The number of aryl methyl sites for hydroxylation is 1. The molecule has 0 aliphatic heterocycles. The number of nitrogens with zero attached hydrogens (tertiary/aromatic N) is 2. The van der Waals surface area contributed by atoms with Crippen LogP contribution in [0.4, 0.5) is 5.69 Å². The second kappa shape index (κ2) is 15.2. The van der Waals surface area contributed by atoms with E-state index in [9.17, 15) is 18.0 Å². The van der Waals surface area contributed by atoms with Crippen LogP contribution in [-0.4, -0.2) is 50.5 Å². The van der Waals surface area contributed by atoms with Crippen molar-refractivity contribution in [3.05, 3.63) is 95.6 Å². The molecular formula is C32H41N3O5S. The van der Waals surface area contributed by atoms with Gasteiger partial charge < -0.3 is 15.0 Å². The lowest BCUT2D eigenvalue weighted by atomic mass is 10.1. The van der Waals surface area contributed by atoms with E-state index in [-0.39, 0.29) is 12.5 Å². The highest BCUT2D eigenvalue weighted by atomic mass is 32.2. The molecule has 0 aliphatic rings. The summed E-state index contributed by atoms with van der Waals surface area (Å²) in [6.45, 7) is 6.51. The summed E-state index contributed by atoms with van der Waals surface area (Å²) in [6, 6.07) is 23.3. The largest absolute Gasteiger partial charge is 0.489 e. The minimum absolute atomic E-state index is 0.183. The van der Waals surface area contributed by atoms with E-state index in [2.05, 4.69) is 5.32 Å². The Bertz CT molecular complexity index is 1360. The molecule has 0 fully saturated rings. The SMILES string of the molecule is CCCCNC(=O)[C@@H](CC)N(Cc1ccc(C)cc1)C(=O)CN(c1ccc(OCc2ccccc2)cc1)S(C)(=O)=O. The summed E-state index contributed by atoms with van der Waals surface area (Å²) in [5.41, 5.74) is 3.28. The predicted molar refractivity (Wildman–Crippen MR) is 163 cm³/mol. The molecule has 1 atom stereocenters. The van der Waals surface area contributed by atoms with Crippen molar-refractivity contribution in [3.8, 4) is 5.75 Å². The van der Waals surface area contributed by atoms with E-state index in [1.165, 1.54) is 4.90 Å². The molecular weight excluding hydrogens is 538 g/mol. The summed E-state index contributed by atoms with van der Waals surface area (Å²) in [5, 5.41) is 2.93. The Hall–Kier alpha value is -3.85. The van der Waals surface area contributed by atoms with Crippen LogP contribution in [0.5, 0.6) is 5.75 Å². The molecule has 0 heterocycles. The maximum Gasteiger partial charge on any atom is 0.244 e. The summed E-state index contributed by atoms with van der Waals surface area (Å²) >= 11 is 0. The molecule has 3 aromatic carbocycles. The van der Waals surface area contributed by atoms with Crippen molar-refractivity contribution in [2.75, 3.05) is 23.7 Å². The summed E-state index contributed by atoms with van der Waals surface area (Å²) in [7, 11) is -3.82. The van der Waals surface area contributed by atoms with Crippen LogP contribution < -0.4 is 14.4 Å². The lowest BCUT2D eigenvalue weighted by Gasteiger charge is -2.33. The van der Waals surface area contributed by atoms with Crippen molar-refractivity contribution in [3.63, 3.8) is 0 Å². The molecule has 9 heteroatoms. The number of amides is 2. The molecule has 220 valence electrons. The Labute approximate surface area is 244 Å². The summed E-state index contributed by atoms with van der Waals surface area (Å²) in [6.07, 6.45) is 3.23. The Morgan fingerprint density at radius 3 is 2.15 bits per heavy atom. The summed E-state index contributed by atoms with van der Waals surface area (Å²) < 4.78 is 32.6. The Balaban J connectivity index is 1.83. The average Bonchev–Trinajstić information content (AvgIpc) is 2.96. The van der Waals surface area contributed by atoms with Crippen molar-refractivity contribution in [2.45, 2.75) is 59.2 Å². The smallest absolute Gasteiger partial charge is 0.244 e. The third kappa shape index (κ3) is 9.63. The Kier molecular flexibility index (Phi) is 11.8. The van der Waals surface area contributed by atoms with Gasteiger partial charge in [0.1, 0.15) is 24.9 Å². The second-order valence-corrected chi connectivity index (χ2v) is 12.0. The molecule has 0 aliphatic carbocycles. The van der Waals surface area contributed by atoms with Gasteiger partial charge in [-0.25, -0.2) is 8.42 Å². The first-order valence-corrected chi connectivity index (χ1v) is 15.8. The summed E-state index contributed by atoms with van der Waals surface area (Å²) in [4.78, 5) is 28.5. The van der Waals surface area contributed by atoms with Crippen molar-refractivity contribution in [1.29, 1.82) is 0 Å². The van der Waals surface area contributed by atoms with Gasteiger partial charge in [0.25, 0.3) is 0 Å². The molecule has 0 saturated carbocycles. The van der Waals surface area contributed by atoms with Gasteiger partial charge in [0.15, 0.2) is 0 Å². The summed E-state index contributed by atoms with van der Waals surface area (Å²) in [5.74, 6) is -0.127. The van der Waals surface area contributed by atoms with Crippen LogP contribution in [0.3, 0.4) is 0 Å². The fourth-order valence-electron chi connectivity index (χ4n) is 4.38. The zero-order valence-electron chi connectivity index (χ0n) is 24.4. The van der Waals surface area contributed by atoms with E-state index in [4.69, 9.17) is 4.74 Å². The Morgan fingerprint density at radius 2 is 1.56 bits per heavy atom. The number of hydrogen-bond acceptors (Lipinski definition) is 5. The third-order valence-corrected chi connectivity index (χ3v) is 7.88. The molecule has 0 aromatic heterocycles. The van der Waals surface area contributed by atoms with Crippen LogP contribution in [0.2, 0.25) is 0 Å². The van der Waals surface area contributed by atoms with Gasteiger partial charge in [0.2, 0.25) is 21.8 Å². The number of carbonyl (C=O) groups excluding carboxylic acids is 2. The molecule has 2 amide bonds. The van der Waals surface area contributed by atoms with E-state index in [1.54, 1.807) is 24.3 Å². The molecule has 0 unspecified atom stereocenters. The minimum atomic E-state index is -3.82. The number of hydrogen-bond donors (Lipinski definition) is 1. The quantitative estimate of drug-likeness (QED) is 0.254. The first kappa shape index (κ1) is 31.7. The predicted octanol–water partition coefficient (Wildman–Crippen LogP) is 5.06. The van der Waals surface area contributed by atoms with Gasteiger partial charge in [-0.15, -0.1) is 0 Å². The van der Waals surface area contributed by atoms with Crippen LogP contribution in [0.25, 0.3) is 0 Å². The molecule has 8 nitrogen and oxygen atoms in total. The molecule has 0 radical (unpaired) electrons. The van der Waals surface area contributed by atoms with Gasteiger partial charge in [-0.3, -0.25) is 13.9 Å². The molecule has 0 saturated heterocycles. The van der Waals surface area contributed by atoms with E-state index in [0.717, 1.165) is 40.1 Å². The number of anilines is 1. The van der Waals surface area contributed by atoms with Gasteiger partial charge in [-0.1, -0.05) is 80.4 Å². The highest BCUT2D eigenvalue weighted by Crippen LogP contribution is 2.23. The van der Waals surface area contributed by atoms with Gasteiger partial charge >= 0.3 is 0 Å². The normalized spacial score (nSPS) is 11.9. The molecule has 3 rings (SSSR count). The van der Waals surface area contributed by atoms with Crippen molar-refractivity contribution in [2.24, 2.45) is 0 Å². The van der Waals surface area contributed by atoms with Crippen LogP contribution >= 0.6 is 0 Å². The van der Waals surface area contributed by atoms with Crippen molar-refractivity contribution < 1.29 is 22.7 Å². The first-order chi connectivity index (χ1) is 19.6. The number of sulfonamides is 1. The molecule has 0 bridgehead atoms. The van der Waals surface area contributed by atoms with Crippen LogP contribution in [0.15, 0.2) is 78.9 Å². The van der Waals surface area contributed by atoms with Crippen LogP contribution in [0, 0.1) is 6.92 Å². The minimum Gasteiger partial charge on any atom is -0.489 e. The average molecular weight is 580 g/mol. The fraction of sp³-hybridized carbons (Fsp3) is 0.375. The maximum absolute atomic E-state index is 13.8. The number of nitrogens with one attached hydrogen (secondary N) is 1. The third-order valence-electron chi connectivity index (χ3n) is 6.74. The monoisotopic (exact) mass is 579 g/mol. The van der Waals surface area contributed by atoms with E-state index in [1.807, 2.05) is 75.4 Å². The molecule has 1 N–H and O–H groups in total. The zero-order chi connectivity index (χ0) is 29.8. The van der Waals surface area contributed by atoms with Crippen LogP contribution in [-0.2, 0) is 32.8 Å². The zero-order valence-corrected chi connectivity index (χ0v) is 25.2. The lowest BCUT2D eigenvalue weighted by Crippen LogP contribution is -2.52. The number of ether oxygens (including phenoxy) is 1. The van der Waals surface area contributed by atoms with Crippen LogP contribution in [0.1, 0.15) is 49.8 Å².